The molecule has 7 nitrogen and oxygen atoms in total. The Bertz CT molecular complexity index is 1350. The summed E-state index contributed by atoms with van der Waals surface area (Å²) in [5.74, 6) is -0.277. The maximum absolute atomic E-state index is 13.4. The van der Waals surface area contributed by atoms with Gasteiger partial charge in [-0.25, -0.2) is 0 Å². The van der Waals surface area contributed by atoms with Crippen molar-refractivity contribution in [3.63, 3.8) is 0 Å². The van der Waals surface area contributed by atoms with E-state index in [9.17, 15) is 14.7 Å². The average molecular weight is 522 g/mol. The van der Waals surface area contributed by atoms with E-state index in [1.807, 2.05) is 32.0 Å². The molecule has 1 N–H and O–H groups in total. The topological polar surface area (TPSA) is 85.3 Å². The van der Waals surface area contributed by atoms with Crippen LogP contribution in [0.2, 0.25) is 5.02 Å². The normalized spacial score (nSPS) is 16.6. The Morgan fingerprint density at radius 2 is 1.70 bits per heavy atom. The zero-order valence-electron chi connectivity index (χ0n) is 20.9. The highest BCUT2D eigenvalue weighted by molar-refractivity contribution is 6.46. The third-order valence-electron chi connectivity index (χ3n) is 6.06. The van der Waals surface area contributed by atoms with Gasteiger partial charge in [-0.3, -0.25) is 9.59 Å². The number of carbonyl (C=O) groups excluding carboxylic acids is 2. The second-order valence-corrected chi connectivity index (χ2v) is 8.73. The van der Waals surface area contributed by atoms with Crippen molar-refractivity contribution in [1.82, 2.24) is 4.90 Å². The molecule has 1 fully saturated rings. The predicted molar refractivity (Wildman–Crippen MR) is 141 cm³/mol. The number of nitrogens with zero attached hydrogens (tertiary/aromatic N) is 1. The number of para-hydroxylation sites is 1. The molecule has 1 saturated heterocycles. The second-order valence-electron chi connectivity index (χ2n) is 8.32. The van der Waals surface area contributed by atoms with E-state index < -0.39 is 17.7 Å². The molecule has 37 heavy (non-hydrogen) atoms. The van der Waals surface area contributed by atoms with E-state index >= 15 is 0 Å². The van der Waals surface area contributed by atoms with Crippen molar-refractivity contribution in [2.45, 2.75) is 26.4 Å². The molecule has 0 aliphatic carbocycles. The Morgan fingerprint density at radius 3 is 2.43 bits per heavy atom. The van der Waals surface area contributed by atoms with Gasteiger partial charge >= 0.3 is 0 Å². The quantitative estimate of drug-likeness (QED) is 0.219. The number of amides is 1. The van der Waals surface area contributed by atoms with E-state index in [0.717, 1.165) is 5.56 Å². The SMILES string of the molecule is CCOc1cccc(C2/C(=C(/O)c3ccc(Cl)c(OCC)c3)C(=O)C(=O)N2Cc2ccccc2OC)c1. The first kappa shape index (κ1) is 26.1. The van der Waals surface area contributed by atoms with E-state index in [1.54, 1.807) is 55.6 Å². The summed E-state index contributed by atoms with van der Waals surface area (Å²) in [6, 6.07) is 18.3. The number of hydrogen-bond donors (Lipinski definition) is 1. The number of Topliss-reactive ketones (excluding diaryl/α,β-unsaturated/α-hetero) is 1. The minimum Gasteiger partial charge on any atom is -0.507 e. The molecule has 1 heterocycles. The maximum atomic E-state index is 13.4. The molecule has 0 bridgehead atoms. The molecule has 3 aromatic carbocycles. The summed E-state index contributed by atoms with van der Waals surface area (Å²) in [4.78, 5) is 28.2. The maximum Gasteiger partial charge on any atom is 0.295 e. The summed E-state index contributed by atoms with van der Waals surface area (Å²) >= 11 is 6.23. The lowest BCUT2D eigenvalue weighted by Gasteiger charge is -2.26. The van der Waals surface area contributed by atoms with Gasteiger partial charge in [0.15, 0.2) is 0 Å². The van der Waals surface area contributed by atoms with Gasteiger partial charge in [0, 0.05) is 11.1 Å². The van der Waals surface area contributed by atoms with Crippen molar-refractivity contribution in [1.29, 1.82) is 0 Å². The number of methoxy groups -OCH3 is 1. The van der Waals surface area contributed by atoms with Gasteiger partial charge in [0.1, 0.15) is 23.0 Å². The van der Waals surface area contributed by atoms with Crippen LogP contribution in [0.3, 0.4) is 0 Å². The molecular weight excluding hydrogens is 494 g/mol. The van der Waals surface area contributed by atoms with Crippen LogP contribution in [0, 0.1) is 0 Å². The van der Waals surface area contributed by atoms with Gasteiger partial charge in [-0.15, -0.1) is 0 Å². The van der Waals surface area contributed by atoms with Crippen molar-refractivity contribution in [2.75, 3.05) is 20.3 Å². The number of ketones is 1. The zero-order chi connectivity index (χ0) is 26.5. The van der Waals surface area contributed by atoms with Crippen LogP contribution in [-0.4, -0.2) is 42.0 Å². The van der Waals surface area contributed by atoms with Crippen LogP contribution < -0.4 is 14.2 Å². The third-order valence-corrected chi connectivity index (χ3v) is 6.37. The van der Waals surface area contributed by atoms with Crippen LogP contribution in [0.1, 0.15) is 36.6 Å². The molecule has 0 aromatic heterocycles. The minimum atomic E-state index is -0.864. The summed E-state index contributed by atoms with van der Waals surface area (Å²) in [7, 11) is 1.55. The van der Waals surface area contributed by atoms with E-state index in [4.69, 9.17) is 25.8 Å². The zero-order valence-corrected chi connectivity index (χ0v) is 21.6. The van der Waals surface area contributed by atoms with Crippen molar-refractivity contribution in [2.24, 2.45) is 0 Å². The van der Waals surface area contributed by atoms with Crippen LogP contribution in [0.15, 0.2) is 72.3 Å². The number of benzene rings is 3. The highest BCUT2D eigenvalue weighted by atomic mass is 35.5. The van der Waals surface area contributed by atoms with E-state index in [0.29, 0.717) is 46.6 Å². The molecule has 1 unspecified atom stereocenters. The first-order valence-corrected chi connectivity index (χ1v) is 12.3. The van der Waals surface area contributed by atoms with Crippen LogP contribution in [0.5, 0.6) is 17.2 Å². The van der Waals surface area contributed by atoms with E-state index in [-0.39, 0.29) is 17.9 Å². The number of aliphatic hydroxyl groups is 1. The first-order chi connectivity index (χ1) is 17.9. The van der Waals surface area contributed by atoms with Crippen LogP contribution >= 0.6 is 11.6 Å². The molecule has 1 aliphatic heterocycles. The smallest absolute Gasteiger partial charge is 0.295 e. The number of carbonyl (C=O) groups is 2. The molecule has 1 atom stereocenters. The largest absolute Gasteiger partial charge is 0.507 e. The lowest BCUT2D eigenvalue weighted by Crippen LogP contribution is -2.29. The monoisotopic (exact) mass is 521 g/mol. The number of hydrogen-bond acceptors (Lipinski definition) is 6. The van der Waals surface area contributed by atoms with Crippen molar-refractivity contribution >= 4 is 29.1 Å². The fraction of sp³-hybridized carbons (Fsp3) is 0.241. The Balaban J connectivity index is 1.88. The van der Waals surface area contributed by atoms with Gasteiger partial charge in [0.2, 0.25) is 0 Å². The van der Waals surface area contributed by atoms with Crippen molar-refractivity contribution < 1.29 is 28.9 Å². The molecule has 0 spiro atoms. The second kappa shape index (κ2) is 11.4. The number of likely N-dealkylation sites (tertiary alicyclic amines) is 1. The third kappa shape index (κ3) is 5.27. The Morgan fingerprint density at radius 1 is 0.946 bits per heavy atom. The summed E-state index contributed by atoms with van der Waals surface area (Å²) in [6.07, 6.45) is 0. The Labute approximate surface area is 220 Å². The fourth-order valence-electron chi connectivity index (χ4n) is 4.42. The molecule has 3 aromatic rings. The summed E-state index contributed by atoms with van der Waals surface area (Å²) in [5, 5.41) is 11.8. The molecular formula is C29H28ClNO6. The van der Waals surface area contributed by atoms with Crippen LogP contribution in [-0.2, 0) is 16.1 Å². The van der Waals surface area contributed by atoms with Crippen molar-refractivity contribution in [3.05, 3.63) is 94.0 Å². The first-order valence-electron chi connectivity index (χ1n) is 11.9. The number of aliphatic hydroxyl groups excluding tert-OH is 1. The average Bonchev–Trinajstić information content (AvgIpc) is 3.15. The number of rotatable bonds is 9. The molecule has 4 rings (SSSR count). The molecule has 1 aliphatic rings. The Kier molecular flexibility index (Phi) is 8.04. The minimum absolute atomic E-state index is 0.0293. The van der Waals surface area contributed by atoms with Gasteiger partial charge in [-0.05, 0) is 55.8 Å². The van der Waals surface area contributed by atoms with Gasteiger partial charge in [-0.1, -0.05) is 41.9 Å². The molecule has 8 heteroatoms. The van der Waals surface area contributed by atoms with Gasteiger partial charge in [-0.2, -0.15) is 0 Å². The fourth-order valence-corrected chi connectivity index (χ4v) is 4.59. The Hall–Kier alpha value is -3.97. The lowest BCUT2D eigenvalue weighted by atomic mass is 9.95. The van der Waals surface area contributed by atoms with Crippen LogP contribution in [0.4, 0.5) is 0 Å². The highest BCUT2D eigenvalue weighted by Crippen LogP contribution is 2.42. The molecule has 192 valence electrons. The standard InChI is InChI=1S/C29H28ClNO6/c1-4-36-21-11-8-10-18(15-21)26-25(27(32)19-13-14-22(30)24(16-19)37-5-2)28(33)29(34)31(26)17-20-9-6-7-12-23(20)35-3/h6-16,26,32H,4-5,17H2,1-3H3/b27-25-. The summed E-state index contributed by atoms with van der Waals surface area (Å²) in [5.41, 5.74) is 1.64. The van der Waals surface area contributed by atoms with Gasteiger partial charge in [0.25, 0.3) is 11.7 Å². The number of halogens is 1. The van der Waals surface area contributed by atoms with Crippen molar-refractivity contribution in [3.8, 4) is 17.2 Å². The van der Waals surface area contributed by atoms with E-state index in [1.165, 1.54) is 4.90 Å². The highest BCUT2D eigenvalue weighted by Gasteiger charge is 2.46. The number of ether oxygens (including phenoxy) is 3. The molecule has 0 radical (unpaired) electrons. The van der Waals surface area contributed by atoms with Crippen LogP contribution in [0.25, 0.3) is 5.76 Å². The predicted octanol–water partition coefficient (Wildman–Crippen LogP) is 5.77. The van der Waals surface area contributed by atoms with E-state index in [2.05, 4.69) is 0 Å². The van der Waals surface area contributed by atoms with Gasteiger partial charge < -0.3 is 24.2 Å². The lowest BCUT2D eigenvalue weighted by molar-refractivity contribution is -0.140. The molecule has 0 saturated carbocycles. The summed E-state index contributed by atoms with van der Waals surface area (Å²) < 4.78 is 16.7. The summed E-state index contributed by atoms with van der Waals surface area (Å²) in [6.45, 7) is 4.61. The van der Waals surface area contributed by atoms with Gasteiger partial charge in [0.05, 0.1) is 43.5 Å². The molecule has 1 amide bonds.